The Bertz CT molecular complexity index is 1010. The fourth-order valence-electron chi connectivity index (χ4n) is 2.35. The summed E-state index contributed by atoms with van der Waals surface area (Å²) in [5.74, 6) is -2.38. The van der Waals surface area contributed by atoms with Crippen LogP contribution in [0.15, 0.2) is 12.3 Å². The van der Waals surface area contributed by atoms with E-state index >= 15 is 0 Å². The molecule has 1 saturated heterocycles. The third kappa shape index (κ3) is 7.31. The highest BCUT2D eigenvalue weighted by Gasteiger charge is 2.46. The van der Waals surface area contributed by atoms with Gasteiger partial charge in [0.2, 0.25) is 0 Å². The minimum absolute atomic E-state index is 0.0493. The number of pyridine rings is 1. The Morgan fingerprint density at radius 3 is 2.58 bits per heavy atom. The van der Waals surface area contributed by atoms with Crippen molar-refractivity contribution in [3.05, 3.63) is 23.0 Å². The predicted molar refractivity (Wildman–Crippen MR) is 97.3 cm³/mol. The maximum absolute atomic E-state index is 12.4. The molecule has 10 nitrogen and oxygen atoms in total. The summed E-state index contributed by atoms with van der Waals surface area (Å²) in [4.78, 5) is 32.6. The number of aromatic nitrogens is 1. The molecule has 2 N–H and O–H groups in total. The van der Waals surface area contributed by atoms with Crippen LogP contribution in [-0.2, 0) is 19.7 Å². The summed E-state index contributed by atoms with van der Waals surface area (Å²) in [6.45, 7) is -1.77. The molecule has 0 aliphatic carbocycles. The normalized spacial score (nSPS) is 18.4. The summed E-state index contributed by atoms with van der Waals surface area (Å²) in [7, 11) is -5.61. The average Bonchev–Trinajstić information content (AvgIpc) is 2.98. The summed E-state index contributed by atoms with van der Waals surface area (Å²) < 4.78 is 103. The standard InChI is InChI=1S/C15H15ClF6N4O6S/c1-7(25-33(29,30)15(20,21)22)4-31-8-2-9(11(16)23-3-8)12(27)24-10-5-32-26(13(10)28)6-14(17,18)19/h2-3,7,10,25H,4-6H2,1H3,(H,24,27)/t7-,10?/m0/s1. The Morgan fingerprint density at radius 2 is 2.00 bits per heavy atom. The first-order valence-corrected chi connectivity index (χ1v) is 10.5. The zero-order chi connectivity index (χ0) is 25.2. The van der Waals surface area contributed by atoms with Crippen molar-refractivity contribution >= 4 is 33.4 Å². The highest BCUT2D eigenvalue weighted by Crippen LogP contribution is 2.24. The number of alkyl halides is 6. The van der Waals surface area contributed by atoms with E-state index < -0.39 is 65.4 Å². The summed E-state index contributed by atoms with van der Waals surface area (Å²) >= 11 is 5.81. The number of amides is 2. The minimum atomic E-state index is -5.61. The molecule has 33 heavy (non-hydrogen) atoms. The number of carbonyl (C=O) groups is 2. The zero-order valence-corrected chi connectivity index (χ0v) is 17.9. The van der Waals surface area contributed by atoms with E-state index in [0.717, 1.165) is 19.2 Å². The molecule has 0 saturated carbocycles. The molecule has 2 rings (SSSR count). The van der Waals surface area contributed by atoms with Crippen LogP contribution < -0.4 is 14.8 Å². The molecule has 1 aromatic rings. The van der Waals surface area contributed by atoms with Crippen LogP contribution in [0.3, 0.4) is 0 Å². The molecule has 0 radical (unpaired) electrons. The Labute approximate surface area is 187 Å². The van der Waals surface area contributed by atoms with Crippen molar-refractivity contribution in [2.24, 2.45) is 0 Å². The van der Waals surface area contributed by atoms with Crippen molar-refractivity contribution in [1.82, 2.24) is 20.1 Å². The van der Waals surface area contributed by atoms with Gasteiger partial charge in [0.1, 0.15) is 36.7 Å². The molecule has 2 atom stereocenters. The monoisotopic (exact) mass is 528 g/mol. The van der Waals surface area contributed by atoms with E-state index in [2.05, 4.69) is 15.1 Å². The number of hydrogen-bond acceptors (Lipinski definition) is 7. The Morgan fingerprint density at radius 1 is 1.36 bits per heavy atom. The average molecular weight is 529 g/mol. The maximum atomic E-state index is 12.4. The molecule has 2 amide bonds. The van der Waals surface area contributed by atoms with Crippen molar-refractivity contribution in [3.63, 3.8) is 0 Å². The van der Waals surface area contributed by atoms with E-state index in [-0.39, 0.29) is 21.5 Å². The van der Waals surface area contributed by atoms with Crippen LogP contribution in [0.4, 0.5) is 26.3 Å². The Kier molecular flexibility index (Phi) is 8.03. The molecule has 186 valence electrons. The number of ether oxygens (including phenoxy) is 1. The molecule has 1 unspecified atom stereocenters. The Balaban J connectivity index is 2.01. The van der Waals surface area contributed by atoms with Crippen LogP contribution in [-0.4, -0.2) is 73.8 Å². The zero-order valence-electron chi connectivity index (χ0n) is 16.3. The predicted octanol–water partition coefficient (Wildman–Crippen LogP) is 1.38. The molecule has 2 heterocycles. The van der Waals surface area contributed by atoms with Gasteiger partial charge in [-0.2, -0.15) is 26.3 Å². The van der Waals surface area contributed by atoms with Gasteiger partial charge in [-0.15, -0.1) is 0 Å². The van der Waals surface area contributed by atoms with E-state index in [4.69, 9.17) is 16.3 Å². The smallest absolute Gasteiger partial charge is 0.490 e. The van der Waals surface area contributed by atoms with Gasteiger partial charge in [-0.05, 0) is 13.0 Å². The van der Waals surface area contributed by atoms with Gasteiger partial charge in [0.25, 0.3) is 11.8 Å². The number of carbonyl (C=O) groups excluding carboxylic acids is 2. The van der Waals surface area contributed by atoms with Crippen molar-refractivity contribution < 1.29 is 53.9 Å². The van der Waals surface area contributed by atoms with Crippen LogP contribution in [0.25, 0.3) is 0 Å². The number of nitrogens with zero attached hydrogens (tertiary/aromatic N) is 2. The van der Waals surface area contributed by atoms with E-state index in [1.54, 1.807) is 0 Å². The first-order valence-electron chi connectivity index (χ1n) is 8.69. The van der Waals surface area contributed by atoms with Gasteiger partial charge in [-0.3, -0.25) is 14.4 Å². The number of hydrogen-bond donors (Lipinski definition) is 2. The first kappa shape index (κ1) is 26.9. The summed E-state index contributed by atoms with van der Waals surface area (Å²) in [5, 5.41) is 1.79. The lowest BCUT2D eigenvalue weighted by molar-refractivity contribution is -0.214. The quantitative estimate of drug-likeness (QED) is 0.385. The summed E-state index contributed by atoms with van der Waals surface area (Å²) in [5.41, 5.74) is -5.90. The van der Waals surface area contributed by atoms with Gasteiger partial charge < -0.3 is 10.1 Å². The fraction of sp³-hybridized carbons (Fsp3) is 0.533. The fourth-order valence-corrected chi connectivity index (χ4v) is 3.27. The molecule has 0 bridgehead atoms. The van der Waals surface area contributed by atoms with Crippen molar-refractivity contribution in [2.45, 2.75) is 30.7 Å². The number of nitrogens with one attached hydrogen (secondary N) is 2. The van der Waals surface area contributed by atoms with Crippen molar-refractivity contribution in [1.29, 1.82) is 0 Å². The third-order valence-corrected chi connectivity index (χ3v) is 5.41. The second kappa shape index (κ2) is 9.86. The van der Waals surface area contributed by atoms with Gasteiger partial charge in [-0.25, -0.2) is 23.2 Å². The van der Waals surface area contributed by atoms with Gasteiger partial charge in [-0.1, -0.05) is 11.6 Å². The number of rotatable bonds is 8. The van der Waals surface area contributed by atoms with Crippen LogP contribution in [0.2, 0.25) is 5.15 Å². The molecule has 0 aromatic carbocycles. The lowest BCUT2D eigenvalue weighted by Gasteiger charge is -2.17. The largest absolute Gasteiger partial charge is 0.511 e. The summed E-state index contributed by atoms with van der Waals surface area (Å²) in [6, 6.07) is -1.79. The van der Waals surface area contributed by atoms with Gasteiger partial charge in [0.15, 0.2) is 0 Å². The minimum Gasteiger partial charge on any atom is -0.490 e. The van der Waals surface area contributed by atoms with Crippen molar-refractivity contribution in [2.75, 3.05) is 19.8 Å². The maximum Gasteiger partial charge on any atom is 0.511 e. The molecular weight excluding hydrogens is 514 g/mol. The van der Waals surface area contributed by atoms with Gasteiger partial charge in [0, 0.05) is 0 Å². The highest BCUT2D eigenvalue weighted by molar-refractivity contribution is 7.90. The second-order valence-electron chi connectivity index (χ2n) is 6.60. The lowest BCUT2D eigenvalue weighted by atomic mass is 10.2. The summed E-state index contributed by atoms with van der Waals surface area (Å²) in [6.07, 6.45) is -3.74. The number of sulfonamides is 1. The third-order valence-electron chi connectivity index (χ3n) is 3.79. The topological polar surface area (TPSA) is 127 Å². The van der Waals surface area contributed by atoms with Crippen LogP contribution in [0.1, 0.15) is 17.3 Å². The van der Waals surface area contributed by atoms with E-state index in [9.17, 15) is 44.3 Å². The van der Waals surface area contributed by atoms with Crippen LogP contribution in [0.5, 0.6) is 5.75 Å². The first-order chi connectivity index (χ1) is 15.0. The molecular formula is C15H15ClF6N4O6S. The van der Waals surface area contributed by atoms with Gasteiger partial charge >= 0.3 is 21.7 Å². The molecule has 18 heteroatoms. The second-order valence-corrected chi connectivity index (χ2v) is 8.66. The molecule has 1 fully saturated rings. The molecule has 1 aromatic heterocycles. The van der Waals surface area contributed by atoms with E-state index in [0.29, 0.717) is 0 Å². The van der Waals surface area contributed by atoms with E-state index in [1.165, 1.54) is 4.72 Å². The van der Waals surface area contributed by atoms with E-state index in [1.807, 2.05) is 0 Å². The van der Waals surface area contributed by atoms with Gasteiger partial charge in [0.05, 0.1) is 17.8 Å². The van der Waals surface area contributed by atoms with Crippen molar-refractivity contribution in [3.8, 4) is 5.75 Å². The molecule has 1 aliphatic heterocycles. The number of halogens is 7. The Hall–Kier alpha value is -2.37. The molecule has 0 spiro atoms. The SMILES string of the molecule is C[C@@H](COc1cnc(Cl)c(C(=O)NC2CON(CC(F)(F)F)C2=O)c1)NS(=O)(=O)C(F)(F)F. The lowest BCUT2D eigenvalue weighted by Crippen LogP contribution is -2.44. The molecule has 1 aliphatic rings. The highest BCUT2D eigenvalue weighted by atomic mass is 35.5. The van der Waals surface area contributed by atoms with Crippen LogP contribution in [0, 0.1) is 0 Å². The number of hydroxylamine groups is 2. The van der Waals surface area contributed by atoms with Crippen LogP contribution >= 0.6 is 11.6 Å².